The Balaban J connectivity index is 3.44. The van der Waals surface area contributed by atoms with E-state index in [-0.39, 0.29) is 25.7 Å². The van der Waals surface area contributed by atoms with Gasteiger partial charge < -0.3 is 19.5 Å². The molecule has 1 aliphatic rings. The van der Waals surface area contributed by atoms with Gasteiger partial charge in [-0.25, -0.2) is 9.59 Å². The quantitative estimate of drug-likeness (QED) is 0.406. The van der Waals surface area contributed by atoms with Gasteiger partial charge in [0.1, 0.15) is 5.92 Å². The lowest BCUT2D eigenvalue weighted by Crippen LogP contribution is -2.62. The summed E-state index contributed by atoms with van der Waals surface area (Å²) in [5.41, 5.74) is -2.05. The summed E-state index contributed by atoms with van der Waals surface area (Å²) in [4.78, 5) is 49.8. The molecule has 1 amide bonds. The smallest absolute Gasteiger partial charge is 0.344 e. The molecular weight excluding hydrogens is 318 g/mol. The number of nitrogens with one attached hydrogen (secondary N) is 1. The molecule has 1 aliphatic heterocycles. The minimum Gasteiger partial charge on any atom is -0.465 e. The summed E-state index contributed by atoms with van der Waals surface area (Å²) in [6, 6.07) is 0. The van der Waals surface area contributed by atoms with Crippen molar-refractivity contribution >= 4 is 23.8 Å². The highest BCUT2D eigenvalue weighted by Gasteiger charge is 2.67. The fraction of sp³-hybridized carbons (Fsp3) is 0.750. The van der Waals surface area contributed by atoms with Crippen molar-refractivity contribution in [1.29, 1.82) is 0 Å². The molecule has 1 N–H and O–H groups in total. The Hall–Kier alpha value is -2.12. The number of carbonyl (C=O) groups excluding carboxylic acids is 4. The lowest BCUT2D eigenvalue weighted by atomic mass is 9.73. The normalized spacial score (nSPS) is 22.0. The predicted octanol–water partition coefficient (Wildman–Crippen LogP) is 0.433. The van der Waals surface area contributed by atoms with Crippen LogP contribution in [-0.2, 0) is 33.4 Å². The highest BCUT2D eigenvalue weighted by molar-refractivity contribution is 6.15. The Morgan fingerprint density at radius 3 is 1.83 bits per heavy atom. The van der Waals surface area contributed by atoms with Gasteiger partial charge in [-0.15, -0.1) is 0 Å². The van der Waals surface area contributed by atoms with Crippen LogP contribution in [0.25, 0.3) is 0 Å². The van der Waals surface area contributed by atoms with Crippen molar-refractivity contribution in [2.24, 2.45) is 17.8 Å². The highest BCUT2D eigenvalue weighted by Crippen LogP contribution is 2.40. The number of hydrogen-bond acceptors (Lipinski definition) is 7. The van der Waals surface area contributed by atoms with E-state index in [1.54, 1.807) is 34.6 Å². The molecule has 136 valence electrons. The maximum absolute atomic E-state index is 12.6. The molecule has 8 nitrogen and oxygen atoms in total. The van der Waals surface area contributed by atoms with Gasteiger partial charge in [-0.3, -0.25) is 9.59 Å². The van der Waals surface area contributed by atoms with E-state index in [4.69, 9.17) is 14.2 Å². The first-order valence-corrected chi connectivity index (χ1v) is 8.10. The van der Waals surface area contributed by atoms with Gasteiger partial charge in [-0.2, -0.15) is 0 Å². The molecule has 0 spiro atoms. The monoisotopic (exact) mass is 343 g/mol. The zero-order valence-electron chi connectivity index (χ0n) is 14.7. The van der Waals surface area contributed by atoms with Crippen molar-refractivity contribution in [2.75, 3.05) is 19.8 Å². The first kappa shape index (κ1) is 19.9. The van der Waals surface area contributed by atoms with Crippen LogP contribution in [0.1, 0.15) is 34.6 Å². The molecule has 8 heteroatoms. The number of ether oxygens (including phenoxy) is 3. The lowest BCUT2D eigenvalue weighted by Gasteiger charge is -2.33. The number of rotatable bonds is 7. The first-order chi connectivity index (χ1) is 11.3. The average Bonchev–Trinajstić information content (AvgIpc) is 2.82. The molecule has 0 bridgehead atoms. The molecule has 0 aliphatic carbocycles. The second-order valence-corrected chi connectivity index (χ2v) is 5.74. The van der Waals surface area contributed by atoms with Gasteiger partial charge >= 0.3 is 17.9 Å². The SMILES string of the molecule is CCOC(=O)C1C(=O)NC(C(=O)OCC)(C(=O)OCC)C1C(C)C. The zero-order chi connectivity index (χ0) is 18.5. The van der Waals surface area contributed by atoms with Crippen LogP contribution >= 0.6 is 0 Å². The Morgan fingerprint density at radius 2 is 1.46 bits per heavy atom. The van der Waals surface area contributed by atoms with Crippen LogP contribution in [0.5, 0.6) is 0 Å². The summed E-state index contributed by atoms with van der Waals surface area (Å²) >= 11 is 0. The standard InChI is InChI=1S/C16H25NO7/c1-6-22-13(19)10-11(9(4)5)16(17-12(10)18,14(20)23-7-2)15(21)24-8-3/h9-11H,6-8H2,1-5H3,(H,17,18). The van der Waals surface area contributed by atoms with Gasteiger partial charge in [-0.1, -0.05) is 13.8 Å². The van der Waals surface area contributed by atoms with Gasteiger partial charge in [0.05, 0.1) is 19.8 Å². The van der Waals surface area contributed by atoms with E-state index in [2.05, 4.69) is 5.32 Å². The van der Waals surface area contributed by atoms with Crippen LogP contribution in [0.2, 0.25) is 0 Å². The van der Waals surface area contributed by atoms with Crippen molar-refractivity contribution in [3.05, 3.63) is 0 Å². The maximum atomic E-state index is 12.6. The van der Waals surface area contributed by atoms with Crippen LogP contribution in [0.4, 0.5) is 0 Å². The van der Waals surface area contributed by atoms with Crippen molar-refractivity contribution in [2.45, 2.75) is 40.2 Å². The van der Waals surface area contributed by atoms with Gasteiger partial charge in [0, 0.05) is 5.92 Å². The van der Waals surface area contributed by atoms with E-state index in [1.165, 1.54) is 0 Å². The fourth-order valence-corrected chi connectivity index (χ4v) is 3.09. The average molecular weight is 343 g/mol. The second kappa shape index (κ2) is 8.12. The van der Waals surface area contributed by atoms with E-state index >= 15 is 0 Å². The van der Waals surface area contributed by atoms with E-state index in [1.807, 2.05) is 0 Å². The summed E-state index contributed by atoms with van der Waals surface area (Å²) in [7, 11) is 0. The Kier molecular flexibility index (Phi) is 6.74. The first-order valence-electron chi connectivity index (χ1n) is 8.10. The molecule has 0 aromatic carbocycles. The van der Waals surface area contributed by atoms with Crippen LogP contribution in [0.3, 0.4) is 0 Å². The Bertz CT molecular complexity index is 497. The molecule has 1 heterocycles. The minimum atomic E-state index is -2.05. The van der Waals surface area contributed by atoms with Crippen LogP contribution in [-0.4, -0.2) is 49.2 Å². The van der Waals surface area contributed by atoms with Gasteiger partial charge in [0.25, 0.3) is 0 Å². The zero-order valence-corrected chi connectivity index (χ0v) is 14.7. The molecule has 0 aromatic heterocycles. The van der Waals surface area contributed by atoms with Crippen LogP contribution in [0, 0.1) is 17.8 Å². The minimum absolute atomic E-state index is 0.0186. The molecule has 2 atom stereocenters. The molecule has 1 fully saturated rings. The van der Waals surface area contributed by atoms with Gasteiger partial charge in [0.15, 0.2) is 0 Å². The molecular formula is C16H25NO7. The number of amides is 1. The number of esters is 3. The van der Waals surface area contributed by atoms with E-state index in [0.717, 1.165) is 0 Å². The summed E-state index contributed by atoms with van der Waals surface area (Å²) in [6.07, 6.45) is 0. The third-order valence-corrected chi connectivity index (χ3v) is 3.92. The maximum Gasteiger partial charge on any atom is 0.344 e. The van der Waals surface area contributed by atoms with E-state index < -0.39 is 41.2 Å². The third-order valence-electron chi connectivity index (χ3n) is 3.92. The van der Waals surface area contributed by atoms with Gasteiger partial charge in [0.2, 0.25) is 11.4 Å². The molecule has 2 unspecified atom stereocenters. The van der Waals surface area contributed by atoms with Crippen molar-refractivity contribution in [3.63, 3.8) is 0 Å². The number of hydrogen-bond donors (Lipinski definition) is 1. The topological polar surface area (TPSA) is 108 Å². The van der Waals surface area contributed by atoms with Crippen molar-refractivity contribution < 1.29 is 33.4 Å². The molecule has 1 rings (SSSR count). The molecule has 0 aromatic rings. The summed E-state index contributed by atoms with van der Waals surface area (Å²) in [5.74, 6) is -5.99. The predicted molar refractivity (Wildman–Crippen MR) is 82.6 cm³/mol. The molecule has 1 saturated heterocycles. The molecule has 24 heavy (non-hydrogen) atoms. The Labute approximate surface area is 141 Å². The van der Waals surface area contributed by atoms with Crippen LogP contribution in [0.15, 0.2) is 0 Å². The largest absolute Gasteiger partial charge is 0.465 e. The third kappa shape index (κ3) is 3.37. The lowest BCUT2D eigenvalue weighted by molar-refractivity contribution is -0.170. The van der Waals surface area contributed by atoms with E-state index in [9.17, 15) is 19.2 Å². The summed E-state index contributed by atoms with van der Waals surface area (Å²) in [5, 5.41) is 2.37. The van der Waals surface area contributed by atoms with Crippen LogP contribution < -0.4 is 5.32 Å². The van der Waals surface area contributed by atoms with E-state index in [0.29, 0.717) is 0 Å². The molecule has 0 radical (unpaired) electrons. The molecule has 0 saturated carbocycles. The highest BCUT2D eigenvalue weighted by atomic mass is 16.6. The van der Waals surface area contributed by atoms with Crippen molar-refractivity contribution in [1.82, 2.24) is 5.32 Å². The second-order valence-electron chi connectivity index (χ2n) is 5.74. The summed E-state index contributed by atoms with van der Waals surface area (Å²) < 4.78 is 15.0. The fourth-order valence-electron chi connectivity index (χ4n) is 3.09. The van der Waals surface area contributed by atoms with Gasteiger partial charge in [-0.05, 0) is 26.7 Å². The number of carbonyl (C=O) groups is 4. The summed E-state index contributed by atoms with van der Waals surface area (Å²) in [6.45, 7) is 8.32. The van der Waals surface area contributed by atoms with Crippen molar-refractivity contribution in [3.8, 4) is 0 Å². The Morgan fingerprint density at radius 1 is 1.00 bits per heavy atom.